The molecule has 1 aromatic heterocycles. The molecule has 0 atom stereocenters. The second kappa shape index (κ2) is 4.84. The maximum atomic E-state index is 11.6. The van der Waals surface area contributed by atoms with Crippen LogP contribution in [0.3, 0.4) is 0 Å². The number of aromatic nitrogens is 1. The lowest BCUT2D eigenvalue weighted by atomic mass is 10.2. The molecule has 0 spiro atoms. The number of halogens is 1. The van der Waals surface area contributed by atoms with Crippen LogP contribution >= 0.6 is 11.6 Å². The Kier molecular flexibility index (Phi) is 3.41. The van der Waals surface area contributed by atoms with Crippen molar-refractivity contribution < 1.29 is 4.79 Å². The van der Waals surface area contributed by atoms with Crippen molar-refractivity contribution in [1.29, 1.82) is 0 Å². The molecule has 0 radical (unpaired) electrons. The summed E-state index contributed by atoms with van der Waals surface area (Å²) < 4.78 is 2.05. The van der Waals surface area contributed by atoms with Crippen molar-refractivity contribution in [1.82, 2.24) is 9.99 Å². The Morgan fingerprint density at radius 2 is 1.83 bits per heavy atom. The number of rotatable bonds is 2. The van der Waals surface area contributed by atoms with E-state index in [-0.39, 0.29) is 0 Å². The van der Waals surface area contributed by atoms with Crippen molar-refractivity contribution in [3.05, 3.63) is 52.3 Å². The molecule has 3 N–H and O–H groups in total. The molecule has 0 aliphatic carbocycles. The van der Waals surface area contributed by atoms with Crippen LogP contribution in [0.5, 0.6) is 0 Å². The maximum absolute atomic E-state index is 11.6. The number of nitrogens with two attached hydrogens (primary N) is 1. The van der Waals surface area contributed by atoms with E-state index in [1.165, 1.54) is 0 Å². The first kappa shape index (κ1) is 12.7. The number of nitrogens with one attached hydrogen (secondary N) is 1. The summed E-state index contributed by atoms with van der Waals surface area (Å²) in [7, 11) is 0. The Balaban J connectivity index is 2.57. The van der Waals surface area contributed by atoms with Gasteiger partial charge in [-0.1, -0.05) is 11.6 Å². The number of benzene rings is 1. The average Bonchev–Trinajstić information content (AvgIpc) is 2.69. The van der Waals surface area contributed by atoms with Crippen molar-refractivity contribution in [2.75, 3.05) is 0 Å². The second-order valence-electron chi connectivity index (χ2n) is 4.09. The van der Waals surface area contributed by atoms with Gasteiger partial charge >= 0.3 is 0 Å². The van der Waals surface area contributed by atoms with E-state index in [1.807, 2.05) is 36.6 Å². The molecule has 94 valence electrons. The van der Waals surface area contributed by atoms with E-state index in [2.05, 4.69) is 5.43 Å². The first-order chi connectivity index (χ1) is 8.54. The molecular weight excluding hydrogens is 250 g/mol. The third-order valence-corrected chi connectivity index (χ3v) is 3.18. The zero-order valence-corrected chi connectivity index (χ0v) is 11.0. The van der Waals surface area contributed by atoms with Crippen molar-refractivity contribution in [2.45, 2.75) is 13.8 Å². The molecule has 0 fully saturated rings. The molecule has 5 heteroatoms. The first-order valence-corrected chi connectivity index (χ1v) is 5.88. The van der Waals surface area contributed by atoms with E-state index >= 15 is 0 Å². The lowest BCUT2D eigenvalue weighted by Gasteiger charge is -2.11. The molecule has 1 heterocycles. The van der Waals surface area contributed by atoms with Gasteiger partial charge in [-0.3, -0.25) is 10.2 Å². The quantitative estimate of drug-likeness (QED) is 0.496. The maximum Gasteiger partial charge on any atom is 0.266 e. The van der Waals surface area contributed by atoms with Gasteiger partial charge in [0.2, 0.25) is 0 Å². The molecular formula is C13H14ClN3O. The van der Waals surface area contributed by atoms with Crippen molar-refractivity contribution in [3.8, 4) is 5.69 Å². The van der Waals surface area contributed by atoms with E-state index in [9.17, 15) is 4.79 Å². The van der Waals surface area contributed by atoms with Crippen LogP contribution in [0.25, 0.3) is 5.69 Å². The van der Waals surface area contributed by atoms with Crippen molar-refractivity contribution >= 4 is 17.5 Å². The van der Waals surface area contributed by atoms with Crippen LogP contribution in [0.1, 0.15) is 21.7 Å². The zero-order chi connectivity index (χ0) is 13.3. The number of aryl methyl sites for hydroxylation is 2. The number of hydrazine groups is 1. The summed E-state index contributed by atoms with van der Waals surface area (Å²) in [5.74, 6) is 4.74. The highest BCUT2D eigenvalue weighted by atomic mass is 35.5. The number of nitrogens with zero attached hydrogens (tertiary/aromatic N) is 1. The monoisotopic (exact) mass is 263 g/mol. The number of hydrogen-bond acceptors (Lipinski definition) is 2. The normalized spacial score (nSPS) is 10.4. The number of nitrogen functional groups attached to an aromatic ring is 1. The Morgan fingerprint density at radius 3 is 2.39 bits per heavy atom. The van der Waals surface area contributed by atoms with Crippen LogP contribution in [0.15, 0.2) is 30.3 Å². The summed E-state index contributed by atoms with van der Waals surface area (Å²) in [5.41, 5.74) is 5.53. The van der Waals surface area contributed by atoms with Gasteiger partial charge in [-0.15, -0.1) is 0 Å². The first-order valence-electron chi connectivity index (χ1n) is 5.50. The number of amides is 1. The average molecular weight is 264 g/mol. The number of carbonyl (C=O) groups excluding carboxylic acids is 1. The predicted octanol–water partition coefficient (Wildman–Crippen LogP) is 2.35. The molecule has 1 amide bonds. The van der Waals surface area contributed by atoms with Gasteiger partial charge in [-0.05, 0) is 44.2 Å². The van der Waals surface area contributed by atoms with E-state index in [4.69, 9.17) is 17.4 Å². The highest BCUT2D eigenvalue weighted by Gasteiger charge is 2.12. The van der Waals surface area contributed by atoms with Crippen LogP contribution in [-0.4, -0.2) is 10.5 Å². The smallest absolute Gasteiger partial charge is 0.266 e. The summed E-state index contributed by atoms with van der Waals surface area (Å²) in [5, 5.41) is 0.379. The fraction of sp³-hybridized carbons (Fsp3) is 0.154. The molecule has 0 unspecified atom stereocenters. The summed E-state index contributed by atoms with van der Waals surface area (Å²) >= 11 is 5.99. The van der Waals surface area contributed by atoms with Crippen molar-refractivity contribution in [2.24, 2.45) is 5.84 Å². The SMILES string of the molecule is Cc1ccc(C)n1-c1ccc(Cl)c(C(=O)NN)c1. The van der Waals surface area contributed by atoms with Gasteiger partial charge in [0.1, 0.15) is 0 Å². The lowest BCUT2D eigenvalue weighted by molar-refractivity contribution is 0.0954. The Labute approximate surface area is 110 Å². The Morgan fingerprint density at radius 1 is 1.22 bits per heavy atom. The molecule has 4 nitrogen and oxygen atoms in total. The van der Waals surface area contributed by atoms with E-state index < -0.39 is 5.91 Å². The van der Waals surface area contributed by atoms with Crippen LogP contribution in [-0.2, 0) is 0 Å². The van der Waals surface area contributed by atoms with Crippen LogP contribution in [0, 0.1) is 13.8 Å². The van der Waals surface area contributed by atoms with E-state index in [0.29, 0.717) is 10.6 Å². The molecule has 0 saturated heterocycles. The molecule has 18 heavy (non-hydrogen) atoms. The van der Waals surface area contributed by atoms with Gasteiger partial charge in [-0.2, -0.15) is 0 Å². The summed E-state index contributed by atoms with van der Waals surface area (Å²) in [6, 6.07) is 9.33. The highest BCUT2D eigenvalue weighted by molar-refractivity contribution is 6.33. The zero-order valence-electron chi connectivity index (χ0n) is 10.2. The van der Waals surface area contributed by atoms with Gasteiger partial charge in [0.15, 0.2) is 0 Å². The summed E-state index contributed by atoms with van der Waals surface area (Å²) in [4.78, 5) is 11.6. The molecule has 1 aromatic carbocycles. The highest BCUT2D eigenvalue weighted by Crippen LogP contribution is 2.22. The summed E-state index contributed by atoms with van der Waals surface area (Å²) in [6.07, 6.45) is 0. The fourth-order valence-electron chi connectivity index (χ4n) is 1.98. The van der Waals surface area contributed by atoms with Gasteiger partial charge in [-0.25, -0.2) is 5.84 Å². The standard InChI is InChI=1S/C13H14ClN3O/c1-8-3-4-9(2)17(8)10-5-6-12(14)11(7-10)13(18)16-15/h3-7H,15H2,1-2H3,(H,16,18). The summed E-state index contributed by atoms with van der Waals surface area (Å²) in [6.45, 7) is 4.01. The molecule has 0 aliphatic rings. The van der Waals surface area contributed by atoms with Crippen molar-refractivity contribution in [3.63, 3.8) is 0 Å². The minimum atomic E-state index is -0.399. The molecule has 0 bridgehead atoms. The third-order valence-electron chi connectivity index (χ3n) is 2.86. The molecule has 0 aliphatic heterocycles. The Bertz CT molecular complexity index is 585. The van der Waals surface area contributed by atoms with Gasteiger partial charge < -0.3 is 4.57 Å². The van der Waals surface area contributed by atoms with Gasteiger partial charge in [0.25, 0.3) is 5.91 Å². The lowest BCUT2D eigenvalue weighted by Crippen LogP contribution is -2.30. The molecule has 0 saturated carbocycles. The second-order valence-corrected chi connectivity index (χ2v) is 4.50. The van der Waals surface area contributed by atoms with Gasteiger partial charge in [0, 0.05) is 17.1 Å². The van der Waals surface area contributed by atoms with Crippen LogP contribution < -0.4 is 11.3 Å². The van der Waals surface area contributed by atoms with Crippen LogP contribution in [0.2, 0.25) is 5.02 Å². The third kappa shape index (κ3) is 2.12. The Hall–Kier alpha value is -1.78. The van der Waals surface area contributed by atoms with Gasteiger partial charge in [0.05, 0.1) is 10.6 Å². The topological polar surface area (TPSA) is 60.0 Å². The van der Waals surface area contributed by atoms with Crippen LogP contribution in [0.4, 0.5) is 0 Å². The van der Waals surface area contributed by atoms with E-state index in [1.54, 1.807) is 12.1 Å². The largest absolute Gasteiger partial charge is 0.318 e. The minimum absolute atomic E-state index is 0.365. The predicted molar refractivity (Wildman–Crippen MR) is 71.9 cm³/mol. The number of carbonyl (C=O) groups is 1. The number of hydrogen-bond donors (Lipinski definition) is 2. The fourth-order valence-corrected chi connectivity index (χ4v) is 2.18. The minimum Gasteiger partial charge on any atom is -0.318 e. The molecule has 2 rings (SSSR count). The van der Waals surface area contributed by atoms with E-state index in [0.717, 1.165) is 17.1 Å². The molecule has 2 aromatic rings.